The molecule has 3 rings (SSSR count). The van der Waals surface area contributed by atoms with Crippen molar-refractivity contribution >= 4 is 0 Å². The molecule has 2 aliphatic rings. The van der Waals surface area contributed by atoms with Crippen LogP contribution in [0.2, 0.25) is 0 Å². The molecule has 1 aromatic heterocycles. The minimum atomic E-state index is 0.146. The van der Waals surface area contributed by atoms with Gasteiger partial charge in [-0.3, -0.25) is 0 Å². The van der Waals surface area contributed by atoms with Crippen LogP contribution in [0.15, 0.2) is 12.5 Å². The SMILES string of the molecule is CCOC1CC(n2cncc2C2CNCCO2)C1. The van der Waals surface area contributed by atoms with E-state index < -0.39 is 0 Å². The Morgan fingerprint density at radius 3 is 3.17 bits per heavy atom. The van der Waals surface area contributed by atoms with Crippen molar-refractivity contribution in [3.63, 3.8) is 0 Å². The molecule has 1 atom stereocenters. The molecule has 0 radical (unpaired) electrons. The average Bonchev–Trinajstić information content (AvgIpc) is 2.83. The first-order chi connectivity index (χ1) is 8.88. The first-order valence-electron chi connectivity index (χ1n) is 6.84. The lowest BCUT2D eigenvalue weighted by atomic mass is 9.88. The molecule has 18 heavy (non-hydrogen) atoms. The van der Waals surface area contributed by atoms with Gasteiger partial charge in [0.2, 0.25) is 0 Å². The molecule has 100 valence electrons. The summed E-state index contributed by atoms with van der Waals surface area (Å²) < 4.78 is 13.7. The molecule has 1 saturated heterocycles. The van der Waals surface area contributed by atoms with Crippen molar-refractivity contribution in [2.45, 2.75) is 38.0 Å². The van der Waals surface area contributed by atoms with Gasteiger partial charge in [0.05, 0.1) is 30.9 Å². The van der Waals surface area contributed by atoms with Crippen LogP contribution in [0.1, 0.15) is 37.6 Å². The van der Waals surface area contributed by atoms with E-state index in [1.807, 2.05) is 12.5 Å². The maximum atomic E-state index is 5.80. The van der Waals surface area contributed by atoms with Crippen LogP contribution in [0.3, 0.4) is 0 Å². The quantitative estimate of drug-likeness (QED) is 0.876. The van der Waals surface area contributed by atoms with Crippen LogP contribution in [-0.4, -0.2) is 42.0 Å². The Morgan fingerprint density at radius 1 is 1.56 bits per heavy atom. The predicted molar refractivity (Wildman–Crippen MR) is 67.5 cm³/mol. The zero-order valence-corrected chi connectivity index (χ0v) is 10.8. The molecule has 2 heterocycles. The molecular formula is C13H21N3O2. The van der Waals surface area contributed by atoms with Gasteiger partial charge < -0.3 is 19.4 Å². The number of nitrogens with one attached hydrogen (secondary N) is 1. The smallest absolute Gasteiger partial charge is 0.111 e. The highest BCUT2D eigenvalue weighted by Crippen LogP contribution is 2.36. The highest BCUT2D eigenvalue weighted by molar-refractivity contribution is 5.08. The van der Waals surface area contributed by atoms with Crippen molar-refractivity contribution in [3.8, 4) is 0 Å². The lowest BCUT2D eigenvalue weighted by molar-refractivity contribution is -0.0254. The molecule has 1 aliphatic heterocycles. The van der Waals surface area contributed by atoms with Gasteiger partial charge in [0.25, 0.3) is 0 Å². The van der Waals surface area contributed by atoms with Gasteiger partial charge in [-0.05, 0) is 19.8 Å². The van der Waals surface area contributed by atoms with Crippen LogP contribution in [0, 0.1) is 0 Å². The fourth-order valence-corrected chi connectivity index (χ4v) is 2.76. The number of hydrogen-bond donors (Lipinski definition) is 1. The van der Waals surface area contributed by atoms with Crippen LogP contribution < -0.4 is 5.32 Å². The Bertz CT molecular complexity index is 381. The summed E-state index contributed by atoms with van der Waals surface area (Å²) >= 11 is 0. The second-order valence-corrected chi connectivity index (χ2v) is 4.99. The molecule has 5 heteroatoms. The van der Waals surface area contributed by atoms with Gasteiger partial charge in [0, 0.05) is 25.7 Å². The Hall–Kier alpha value is -0.910. The van der Waals surface area contributed by atoms with E-state index in [9.17, 15) is 0 Å². The fraction of sp³-hybridized carbons (Fsp3) is 0.769. The van der Waals surface area contributed by atoms with Gasteiger partial charge in [-0.25, -0.2) is 4.98 Å². The molecule has 1 unspecified atom stereocenters. The summed E-state index contributed by atoms with van der Waals surface area (Å²) in [7, 11) is 0. The highest BCUT2D eigenvalue weighted by atomic mass is 16.5. The first-order valence-corrected chi connectivity index (χ1v) is 6.84. The van der Waals surface area contributed by atoms with Crippen LogP contribution in [0.25, 0.3) is 0 Å². The lowest BCUT2D eigenvalue weighted by Crippen LogP contribution is -2.37. The van der Waals surface area contributed by atoms with Crippen molar-refractivity contribution in [2.24, 2.45) is 0 Å². The molecule has 1 aliphatic carbocycles. The zero-order chi connectivity index (χ0) is 12.4. The van der Waals surface area contributed by atoms with Crippen molar-refractivity contribution in [1.29, 1.82) is 0 Å². The van der Waals surface area contributed by atoms with Crippen molar-refractivity contribution in [2.75, 3.05) is 26.3 Å². The maximum Gasteiger partial charge on any atom is 0.111 e. The average molecular weight is 251 g/mol. The number of imidazole rings is 1. The summed E-state index contributed by atoms with van der Waals surface area (Å²) in [4.78, 5) is 4.29. The Labute approximate surface area is 107 Å². The van der Waals surface area contributed by atoms with Crippen LogP contribution in [0.5, 0.6) is 0 Å². The number of morpholine rings is 1. The van der Waals surface area contributed by atoms with Gasteiger partial charge in [-0.1, -0.05) is 0 Å². The molecule has 0 spiro atoms. The third kappa shape index (κ3) is 2.30. The summed E-state index contributed by atoms with van der Waals surface area (Å²) in [5.74, 6) is 0. The highest BCUT2D eigenvalue weighted by Gasteiger charge is 2.33. The normalized spacial score (nSPS) is 32.2. The second kappa shape index (κ2) is 5.38. The number of ether oxygens (including phenoxy) is 2. The van der Waals surface area contributed by atoms with E-state index in [4.69, 9.17) is 9.47 Å². The van der Waals surface area contributed by atoms with Crippen molar-refractivity contribution in [1.82, 2.24) is 14.9 Å². The molecule has 5 nitrogen and oxygen atoms in total. The minimum Gasteiger partial charge on any atom is -0.378 e. The van der Waals surface area contributed by atoms with E-state index in [-0.39, 0.29) is 6.10 Å². The van der Waals surface area contributed by atoms with E-state index in [0.29, 0.717) is 12.1 Å². The number of nitrogens with zero attached hydrogens (tertiary/aromatic N) is 2. The van der Waals surface area contributed by atoms with Crippen molar-refractivity contribution < 1.29 is 9.47 Å². The molecule has 0 amide bonds. The van der Waals surface area contributed by atoms with Gasteiger partial charge in [-0.15, -0.1) is 0 Å². The number of aromatic nitrogens is 2. The first kappa shape index (κ1) is 12.1. The topological polar surface area (TPSA) is 48.3 Å². The van der Waals surface area contributed by atoms with E-state index >= 15 is 0 Å². The number of rotatable bonds is 4. The van der Waals surface area contributed by atoms with Gasteiger partial charge >= 0.3 is 0 Å². The number of hydrogen-bond acceptors (Lipinski definition) is 4. The molecule has 1 saturated carbocycles. The predicted octanol–water partition coefficient (Wildman–Crippen LogP) is 1.28. The molecular weight excluding hydrogens is 230 g/mol. The van der Waals surface area contributed by atoms with E-state index in [1.165, 1.54) is 5.69 Å². The molecule has 1 aromatic rings. The summed E-state index contributed by atoms with van der Waals surface area (Å²) in [5.41, 5.74) is 1.20. The second-order valence-electron chi connectivity index (χ2n) is 4.99. The van der Waals surface area contributed by atoms with Crippen LogP contribution >= 0.6 is 0 Å². The maximum absolute atomic E-state index is 5.80. The third-order valence-corrected chi connectivity index (χ3v) is 3.82. The van der Waals surface area contributed by atoms with Gasteiger partial charge in [-0.2, -0.15) is 0 Å². The van der Waals surface area contributed by atoms with E-state index in [0.717, 1.165) is 39.1 Å². The Morgan fingerprint density at radius 2 is 2.44 bits per heavy atom. The van der Waals surface area contributed by atoms with Crippen LogP contribution in [-0.2, 0) is 9.47 Å². The monoisotopic (exact) mass is 251 g/mol. The largest absolute Gasteiger partial charge is 0.378 e. The lowest BCUT2D eigenvalue weighted by Gasteiger charge is -2.37. The Balaban J connectivity index is 1.65. The van der Waals surface area contributed by atoms with Gasteiger partial charge in [0.15, 0.2) is 0 Å². The summed E-state index contributed by atoms with van der Waals surface area (Å²) in [6.07, 6.45) is 6.63. The molecule has 2 fully saturated rings. The van der Waals surface area contributed by atoms with Gasteiger partial charge in [0.1, 0.15) is 6.10 Å². The molecule has 0 aromatic carbocycles. The fourth-order valence-electron chi connectivity index (χ4n) is 2.76. The Kier molecular flexibility index (Phi) is 3.63. The standard InChI is InChI=1S/C13H21N3O2/c1-2-17-11-5-10(6-11)16-9-15-7-12(16)13-8-14-3-4-18-13/h7,9-11,13-14H,2-6,8H2,1H3. The minimum absolute atomic E-state index is 0.146. The third-order valence-electron chi connectivity index (χ3n) is 3.82. The van der Waals surface area contributed by atoms with Crippen molar-refractivity contribution in [3.05, 3.63) is 18.2 Å². The zero-order valence-electron chi connectivity index (χ0n) is 10.8. The summed E-state index contributed by atoms with van der Waals surface area (Å²) in [5, 5.41) is 3.36. The summed E-state index contributed by atoms with van der Waals surface area (Å²) in [6, 6.07) is 0.532. The van der Waals surface area contributed by atoms with Crippen LogP contribution in [0.4, 0.5) is 0 Å². The molecule has 1 N–H and O–H groups in total. The van der Waals surface area contributed by atoms with E-state index in [1.54, 1.807) is 0 Å². The molecule has 0 bridgehead atoms. The van der Waals surface area contributed by atoms with E-state index in [2.05, 4.69) is 21.8 Å². The summed E-state index contributed by atoms with van der Waals surface area (Å²) in [6.45, 7) is 5.47.